The summed E-state index contributed by atoms with van der Waals surface area (Å²) in [5.41, 5.74) is 6.18. The van der Waals surface area contributed by atoms with Gasteiger partial charge in [-0.2, -0.15) is 0 Å². The number of ether oxygens (including phenoxy) is 1. The SMILES string of the molecule is CC(Oc1ccc(N)cn1)C1CC1. The van der Waals surface area contributed by atoms with Crippen molar-refractivity contribution in [3.05, 3.63) is 18.3 Å². The maximum Gasteiger partial charge on any atom is 0.213 e. The summed E-state index contributed by atoms with van der Waals surface area (Å²) >= 11 is 0. The zero-order valence-electron chi connectivity index (χ0n) is 7.73. The third-order valence-electron chi connectivity index (χ3n) is 2.35. The highest BCUT2D eigenvalue weighted by atomic mass is 16.5. The molecule has 1 fully saturated rings. The van der Waals surface area contributed by atoms with Crippen molar-refractivity contribution < 1.29 is 4.74 Å². The molecule has 3 nitrogen and oxygen atoms in total. The molecule has 0 bridgehead atoms. The second-order valence-corrected chi connectivity index (χ2v) is 3.59. The fourth-order valence-electron chi connectivity index (χ4n) is 1.31. The molecule has 1 heterocycles. The van der Waals surface area contributed by atoms with Crippen LogP contribution in [0, 0.1) is 5.92 Å². The molecular formula is C10H14N2O. The highest BCUT2D eigenvalue weighted by molar-refractivity contribution is 5.36. The van der Waals surface area contributed by atoms with E-state index in [0.717, 1.165) is 5.92 Å². The molecule has 0 aliphatic heterocycles. The Hall–Kier alpha value is -1.25. The van der Waals surface area contributed by atoms with Crippen LogP contribution in [0.2, 0.25) is 0 Å². The van der Waals surface area contributed by atoms with Gasteiger partial charge in [-0.3, -0.25) is 0 Å². The molecule has 0 radical (unpaired) electrons. The Bertz CT molecular complexity index is 279. The number of nitrogen functional groups attached to an aromatic ring is 1. The molecule has 1 aromatic rings. The van der Waals surface area contributed by atoms with Gasteiger partial charge in [0.05, 0.1) is 11.9 Å². The van der Waals surface area contributed by atoms with Crippen LogP contribution >= 0.6 is 0 Å². The van der Waals surface area contributed by atoms with Gasteiger partial charge in [0.25, 0.3) is 0 Å². The summed E-state index contributed by atoms with van der Waals surface area (Å²) in [6.45, 7) is 2.09. The normalized spacial score (nSPS) is 18.2. The first-order valence-electron chi connectivity index (χ1n) is 4.64. The predicted molar refractivity (Wildman–Crippen MR) is 51.5 cm³/mol. The van der Waals surface area contributed by atoms with Crippen LogP contribution in [-0.2, 0) is 0 Å². The van der Waals surface area contributed by atoms with Crippen LogP contribution in [0.15, 0.2) is 18.3 Å². The fraction of sp³-hybridized carbons (Fsp3) is 0.500. The molecule has 2 N–H and O–H groups in total. The monoisotopic (exact) mass is 178 g/mol. The predicted octanol–water partition coefficient (Wildman–Crippen LogP) is 1.84. The van der Waals surface area contributed by atoms with Crippen LogP contribution in [0.5, 0.6) is 5.88 Å². The van der Waals surface area contributed by atoms with Crippen LogP contribution < -0.4 is 10.5 Å². The molecule has 0 aromatic carbocycles. The lowest BCUT2D eigenvalue weighted by Gasteiger charge is -2.12. The number of aromatic nitrogens is 1. The van der Waals surface area contributed by atoms with Gasteiger partial charge in [0, 0.05) is 6.07 Å². The van der Waals surface area contributed by atoms with Gasteiger partial charge in [0.2, 0.25) is 5.88 Å². The van der Waals surface area contributed by atoms with E-state index in [2.05, 4.69) is 11.9 Å². The largest absolute Gasteiger partial charge is 0.474 e. The second-order valence-electron chi connectivity index (χ2n) is 3.59. The number of hydrogen-bond acceptors (Lipinski definition) is 3. The number of nitrogens with zero attached hydrogens (tertiary/aromatic N) is 1. The van der Waals surface area contributed by atoms with Gasteiger partial charge in [0.1, 0.15) is 6.10 Å². The van der Waals surface area contributed by atoms with Gasteiger partial charge in [-0.25, -0.2) is 4.98 Å². The first-order chi connectivity index (χ1) is 6.25. The van der Waals surface area contributed by atoms with Crippen molar-refractivity contribution in [3.8, 4) is 5.88 Å². The summed E-state index contributed by atoms with van der Waals surface area (Å²) < 4.78 is 5.63. The number of nitrogens with two attached hydrogens (primary N) is 1. The molecule has 70 valence electrons. The van der Waals surface area contributed by atoms with Crippen LogP contribution in [0.25, 0.3) is 0 Å². The van der Waals surface area contributed by atoms with E-state index < -0.39 is 0 Å². The van der Waals surface area contributed by atoms with Crippen LogP contribution in [0.1, 0.15) is 19.8 Å². The maximum absolute atomic E-state index is 5.63. The van der Waals surface area contributed by atoms with Gasteiger partial charge in [0.15, 0.2) is 0 Å². The minimum absolute atomic E-state index is 0.288. The molecule has 0 spiro atoms. The van der Waals surface area contributed by atoms with Crippen molar-refractivity contribution in [2.75, 3.05) is 5.73 Å². The molecule has 1 aromatic heterocycles. The Kier molecular flexibility index (Phi) is 2.08. The van der Waals surface area contributed by atoms with Crippen molar-refractivity contribution in [2.45, 2.75) is 25.9 Å². The van der Waals surface area contributed by atoms with Crippen molar-refractivity contribution in [3.63, 3.8) is 0 Å². The molecule has 2 rings (SSSR count). The molecule has 13 heavy (non-hydrogen) atoms. The highest BCUT2D eigenvalue weighted by Crippen LogP contribution is 2.34. The van der Waals surface area contributed by atoms with Crippen LogP contribution in [0.4, 0.5) is 5.69 Å². The molecule has 0 saturated heterocycles. The topological polar surface area (TPSA) is 48.1 Å². The van der Waals surface area contributed by atoms with Gasteiger partial charge in [-0.1, -0.05) is 0 Å². The summed E-state index contributed by atoms with van der Waals surface area (Å²) in [6, 6.07) is 3.62. The summed E-state index contributed by atoms with van der Waals surface area (Å²) in [5.74, 6) is 1.41. The minimum atomic E-state index is 0.288. The quantitative estimate of drug-likeness (QED) is 0.768. The van der Waals surface area contributed by atoms with Crippen molar-refractivity contribution in [2.24, 2.45) is 5.92 Å². The Balaban J connectivity index is 1.96. The summed E-state index contributed by atoms with van der Waals surface area (Å²) in [6.07, 6.45) is 4.48. The van der Waals surface area contributed by atoms with E-state index in [9.17, 15) is 0 Å². The standard InChI is InChI=1S/C10H14N2O/c1-7(8-2-3-8)13-10-5-4-9(11)6-12-10/h4-8H,2-3,11H2,1H3. The third kappa shape index (κ3) is 2.11. The number of rotatable bonds is 3. The second kappa shape index (κ2) is 3.24. The smallest absolute Gasteiger partial charge is 0.213 e. The van der Waals surface area contributed by atoms with Crippen molar-refractivity contribution in [1.29, 1.82) is 0 Å². The average Bonchev–Trinajstić information content (AvgIpc) is 2.91. The van der Waals surface area contributed by atoms with Crippen molar-refractivity contribution in [1.82, 2.24) is 4.98 Å². The van der Waals surface area contributed by atoms with E-state index in [1.807, 2.05) is 12.1 Å². The Morgan fingerprint density at radius 3 is 2.85 bits per heavy atom. The molecular weight excluding hydrogens is 164 g/mol. The Labute approximate surface area is 77.9 Å². The van der Waals surface area contributed by atoms with E-state index in [-0.39, 0.29) is 6.10 Å². The van der Waals surface area contributed by atoms with Gasteiger partial charge in [-0.05, 0) is 31.7 Å². The van der Waals surface area contributed by atoms with Crippen molar-refractivity contribution >= 4 is 5.69 Å². The fourth-order valence-corrected chi connectivity index (χ4v) is 1.31. The van der Waals surface area contributed by atoms with Gasteiger partial charge >= 0.3 is 0 Å². The molecule has 1 aliphatic carbocycles. The zero-order valence-corrected chi connectivity index (χ0v) is 7.73. The van der Waals surface area contributed by atoms with E-state index in [0.29, 0.717) is 11.6 Å². The first-order valence-corrected chi connectivity index (χ1v) is 4.64. The summed E-state index contributed by atoms with van der Waals surface area (Å²) in [5, 5.41) is 0. The van der Waals surface area contributed by atoms with Gasteiger partial charge in [-0.15, -0.1) is 0 Å². The lowest BCUT2D eigenvalue weighted by atomic mass is 10.3. The summed E-state index contributed by atoms with van der Waals surface area (Å²) in [4.78, 5) is 4.08. The van der Waals surface area contributed by atoms with Crippen LogP contribution in [0.3, 0.4) is 0 Å². The van der Waals surface area contributed by atoms with Crippen LogP contribution in [-0.4, -0.2) is 11.1 Å². The zero-order chi connectivity index (χ0) is 9.26. The molecule has 1 saturated carbocycles. The summed E-state index contributed by atoms with van der Waals surface area (Å²) in [7, 11) is 0. The number of hydrogen-bond donors (Lipinski definition) is 1. The lowest BCUT2D eigenvalue weighted by Crippen LogP contribution is -2.14. The first kappa shape index (κ1) is 8.35. The maximum atomic E-state index is 5.63. The number of anilines is 1. The van der Waals surface area contributed by atoms with E-state index in [1.165, 1.54) is 12.8 Å². The Morgan fingerprint density at radius 2 is 2.31 bits per heavy atom. The Morgan fingerprint density at radius 1 is 1.54 bits per heavy atom. The average molecular weight is 178 g/mol. The van der Waals surface area contributed by atoms with Gasteiger partial charge < -0.3 is 10.5 Å². The van der Waals surface area contributed by atoms with E-state index >= 15 is 0 Å². The minimum Gasteiger partial charge on any atom is -0.474 e. The molecule has 1 unspecified atom stereocenters. The molecule has 1 aliphatic rings. The molecule has 1 atom stereocenters. The van der Waals surface area contributed by atoms with E-state index in [1.54, 1.807) is 6.20 Å². The third-order valence-corrected chi connectivity index (χ3v) is 2.35. The highest BCUT2D eigenvalue weighted by Gasteiger charge is 2.29. The lowest BCUT2D eigenvalue weighted by molar-refractivity contribution is 0.190. The molecule has 3 heteroatoms. The van der Waals surface area contributed by atoms with E-state index in [4.69, 9.17) is 10.5 Å². The molecule has 0 amide bonds. The number of pyridine rings is 1.